The molecule has 0 aliphatic rings. The number of ketones is 1. The highest BCUT2D eigenvalue weighted by atomic mass is 35.5. The number of carbonyl (C=O) groups is 2. The van der Waals surface area contributed by atoms with Crippen molar-refractivity contribution in [3.8, 4) is 0 Å². The molecule has 0 radical (unpaired) electrons. The Labute approximate surface area is 179 Å². The molecule has 2 aromatic rings. The monoisotopic (exact) mass is 432 g/mol. The topological polar surface area (TPSA) is 174 Å². The molecule has 0 unspecified atom stereocenters. The molecular formula is C19H25ClN8O2. The summed E-state index contributed by atoms with van der Waals surface area (Å²) in [6.45, 7) is 2.31. The van der Waals surface area contributed by atoms with Gasteiger partial charge in [0.05, 0.1) is 6.54 Å². The quantitative estimate of drug-likeness (QED) is 0.224. The van der Waals surface area contributed by atoms with Crippen molar-refractivity contribution in [3.05, 3.63) is 40.7 Å². The normalized spacial score (nSPS) is 11.2. The summed E-state index contributed by atoms with van der Waals surface area (Å²) in [7, 11) is 0. The second-order valence-corrected chi connectivity index (χ2v) is 6.92. The summed E-state index contributed by atoms with van der Waals surface area (Å²) < 4.78 is 0. The molecule has 10 nitrogen and oxygen atoms in total. The van der Waals surface area contributed by atoms with E-state index in [0.717, 1.165) is 24.9 Å². The van der Waals surface area contributed by atoms with Crippen molar-refractivity contribution in [2.45, 2.75) is 26.2 Å². The van der Waals surface area contributed by atoms with Gasteiger partial charge in [0.1, 0.15) is 5.78 Å². The Morgan fingerprint density at radius 1 is 1.10 bits per heavy atom. The first kappa shape index (κ1) is 22.9. The van der Waals surface area contributed by atoms with Gasteiger partial charge < -0.3 is 22.5 Å². The molecule has 0 bridgehead atoms. The highest BCUT2D eigenvalue weighted by Gasteiger charge is 2.16. The minimum absolute atomic E-state index is 0.0463. The zero-order valence-corrected chi connectivity index (χ0v) is 17.4. The predicted molar refractivity (Wildman–Crippen MR) is 118 cm³/mol. The van der Waals surface area contributed by atoms with Gasteiger partial charge in [0, 0.05) is 12.2 Å². The molecule has 0 saturated heterocycles. The molecule has 1 aromatic heterocycles. The zero-order chi connectivity index (χ0) is 22.1. The average molecular weight is 433 g/mol. The SMILES string of the molecule is CC(=O)CNc1ccc(CCCCN=C(N)NC(=O)c2nc(Cl)c(N)nc2N)cc1. The van der Waals surface area contributed by atoms with E-state index in [4.69, 9.17) is 28.8 Å². The van der Waals surface area contributed by atoms with Crippen LogP contribution >= 0.6 is 11.6 Å². The Hall–Kier alpha value is -3.40. The fraction of sp³-hybridized carbons (Fsp3) is 0.316. The predicted octanol–water partition coefficient (Wildman–Crippen LogP) is 1.36. The lowest BCUT2D eigenvalue weighted by molar-refractivity contribution is -0.115. The Morgan fingerprint density at radius 2 is 1.80 bits per heavy atom. The number of nitrogens with zero attached hydrogens (tertiary/aromatic N) is 3. The van der Waals surface area contributed by atoms with E-state index in [1.165, 1.54) is 5.56 Å². The van der Waals surface area contributed by atoms with Crippen LogP contribution in [0.25, 0.3) is 0 Å². The minimum atomic E-state index is -0.665. The number of hydrogen-bond donors (Lipinski definition) is 5. The number of benzene rings is 1. The number of anilines is 3. The largest absolute Gasteiger partial charge is 0.382 e. The van der Waals surface area contributed by atoms with E-state index < -0.39 is 5.91 Å². The maximum atomic E-state index is 12.1. The summed E-state index contributed by atoms with van der Waals surface area (Å²) in [6.07, 6.45) is 2.57. The van der Waals surface area contributed by atoms with E-state index in [1.54, 1.807) is 6.92 Å². The number of aliphatic imine (C=N–C) groups is 1. The summed E-state index contributed by atoms with van der Waals surface area (Å²) >= 11 is 5.76. The van der Waals surface area contributed by atoms with Gasteiger partial charge >= 0.3 is 0 Å². The fourth-order valence-electron chi connectivity index (χ4n) is 2.48. The molecule has 2 rings (SSSR count). The van der Waals surface area contributed by atoms with Crippen LogP contribution in [0.4, 0.5) is 17.3 Å². The van der Waals surface area contributed by atoms with E-state index in [9.17, 15) is 9.59 Å². The molecule has 8 N–H and O–H groups in total. The van der Waals surface area contributed by atoms with Crippen molar-refractivity contribution >= 4 is 46.6 Å². The van der Waals surface area contributed by atoms with E-state index in [1.807, 2.05) is 24.3 Å². The molecule has 0 aliphatic heterocycles. The second-order valence-electron chi connectivity index (χ2n) is 6.56. The molecule has 0 fully saturated rings. The van der Waals surface area contributed by atoms with Crippen molar-refractivity contribution in [2.75, 3.05) is 29.9 Å². The molecule has 0 spiro atoms. The fourth-order valence-corrected chi connectivity index (χ4v) is 2.61. The van der Waals surface area contributed by atoms with Crippen LogP contribution in [-0.4, -0.2) is 40.7 Å². The molecular weight excluding hydrogens is 408 g/mol. The van der Waals surface area contributed by atoms with Crippen LogP contribution in [0.2, 0.25) is 5.15 Å². The third-order valence-electron chi connectivity index (χ3n) is 4.01. The van der Waals surface area contributed by atoms with Gasteiger partial charge in [0.2, 0.25) is 0 Å². The number of amides is 1. The van der Waals surface area contributed by atoms with E-state index >= 15 is 0 Å². The molecule has 30 heavy (non-hydrogen) atoms. The van der Waals surface area contributed by atoms with Crippen molar-refractivity contribution in [3.63, 3.8) is 0 Å². The molecule has 1 heterocycles. The van der Waals surface area contributed by atoms with Crippen molar-refractivity contribution in [1.29, 1.82) is 0 Å². The molecule has 11 heteroatoms. The van der Waals surface area contributed by atoms with Gasteiger partial charge in [-0.05, 0) is 43.9 Å². The summed E-state index contributed by atoms with van der Waals surface area (Å²) in [5.74, 6) is -0.834. The molecule has 160 valence electrons. The third kappa shape index (κ3) is 7.21. The van der Waals surface area contributed by atoms with Crippen LogP contribution in [0.1, 0.15) is 35.8 Å². The van der Waals surface area contributed by atoms with Crippen LogP contribution in [0.15, 0.2) is 29.3 Å². The number of halogens is 1. The Morgan fingerprint density at radius 3 is 2.47 bits per heavy atom. The lowest BCUT2D eigenvalue weighted by Gasteiger charge is -2.07. The molecule has 0 atom stereocenters. The molecule has 1 aromatic carbocycles. The van der Waals surface area contributed by atoms with E-state index in [0.29, 0.717) is 13.1 Å². The Balaban J connectivity index is 1.74. The zero-order valence-electron chi connectivity index (χ0n) is 16.6. The standard InChI is InChI=1S/C19H25ClN8O2/c1-11(29)10-25-13-7-5-12(6-8-13)4-2-3-9-24-19(23)28-18(30)14-16(21)27-17(22)15(20)26-14/h5-8,25H,2-4,9-10H2,1H3,(H4,21,22,27)(H3,23,24,28,30). The number of rotatable bonds is 9. The summed E-state index contributed by atoms with van der Waals surface area (Å²) in [6, 6.07) is 7.93. The summed E-state index contributed by atoms with van der Waals surface area (Å²) in [5, 5.41) is 5.33. The number of carbonyl (C=O) groups excluding carboxylic acids is 2. The number of aryl methyl sites for hydroxylation is 1. The van der Waals surface area contributed by atoms with Crippen LogP contribution in [-0.2, 0) is 11.2 Å². The highest BCUT2D eigenvalue weighted by molar-refractivity contribution is 6.31. The van der Waals surface area contributed by atoms with Crippen molar-refractivity contribution < 1.29 is 9.59 Å². The van der Waals surface area contributed by atoms with Gasteiger partial charge in [-0.1, -0.05) is 23.7 Å². The number of nitrogens with one attached hydrogen (secondary N) is 2. The Bertz CT molecular complexity index is 931. The Kier molecular flexibility index (Phi) is 8.36. The highest BCUT2D eigenvalue weighted by Crippen LogP contribution is 2.17. The van der Waals surface area contributed by atoms with E-state index in [2.05, 4.69) is 25.6 Å². The number of nitrogens with two attached hydrogens (primary N) is 3. The number of unbranched alkanes of at least 4 members (excludes halogenated alkanes) is 1. The first-order valence-electron chi connectivity index (χ1n) is 9.28. The molecule has 0 aliphatic carbocycles. The van der Waals surface area contributed by atoms with Crippen LogP contribution < -0.4 is 27.8 Å². The third-order valence-corrected chi connectivity index (χ3v) is 4.29. The average Bonchev–Trinajstić information content (AvgIpc) is 2.69. The number of guanidine groups is 1. The maximum Gasteiger partial charge on any atom is 0.280 e. The molecule has 1 amide bonds. The van der Waals surface area contributed by atoms with Crippen molar-refractivity contribution in [1.82, 2.24) is 15.3 Å². The maximum absolute atomic E-state index is 12.1. The smallest absolute Gasteiger partial charge is 0.280 e. The van der Waals surface area contributed by atoms with Crippen LogP contribution in [0.5, 0.6) is 0 Å². The van der Waals surface area contributed by atoms with Gasteiger partial charge in [0.15, 0.2) is 28.4 Å². The summed E-state index contributed by atoms with van der Waals surface area (Å²) in [4.78, 5) is 34.8. The van der Waals surface area contributed by atoms with Crippen LogP contribution in [0, 0.1) is 0 Å². The van der Waals surface area contributed by atoms with Gasteiger partial charge in [-0.2, -0.15) is 0 Å². The minimum Gasteiger partial charge on any atom is -0.382 e. The second kappa shape index (κ2) is 11.0. The van der Waals surface area contributed by atoms with Gasteiger partial charge in [-0.25, -0.2) is 9.97 Å². The number of Topliss-reactive ketones (excluding diaryl/α,β-unsaturated/α-hetero) is 1. The first-order valence-corrected chi connectivity index (χ1v) is 9.66. The number of nitrogen functional groups attached to an aromatic ring is 2. The van der Waals surface area contributed by atoms with Crippen molar-refractivity contribution in [2.24, 2.45) is 10.7 Å². The number of hydrogen-bond acceptors (Lipinski definition) is 8. The van der Waals surface area contributed by atoms with Gasteiger partial charge in [-0.3, -0.25) is 19.9 Å². The number of aromatic nitrogens is 2. The van der Waals surface area contributed by atoms with E-state index in [-0.39, 0.29) is 34.2 Å². The first-order chi connectivity index (χ1) is 14.3. The lowest BCUT2D eigenvalue weighted by Crippen LogP contribution is -2.38. The van der Waals surface area contributed by atoms with Gasteiger partial charge in [-0.15, -0.1) is 0 Å². The lowest BCUT2D eigenvalue weighted by atomic mass is 10.1. The van der Waals surface area contributed by atoms with Gasteiger partial charge in [0.25, 0.3) is 5.91 Å². The summed E-state index contributed by atoms with van der Waals surface area (Å²) in [5.41, 5.74) is 18.8. The van der Waals surface area contributed by atoms with Crippen LogP contribution in [0.3, 0.4) is 0 Å². The molecule has 0 saturated carbocycles.